The van der Waals surface area contributed by atoms with Crippen molar-refractivity contribution in [3.05, 3.63) is 109 Å². The fraction of sp³-hybridized carbons (Fsp3) is 0.704. The molecule has 0 aliphatic heterocycles. The fourth-order valence-electron chi connectivity index (χ4n) is 8.92. The Balaban J connectivity index is 4.34. The summed E-state index contributed by atoms with van der Waals surface area (Å²) in [4.78, 5) is 38.3. The Morgan fingerprint density at radius 3 is 0.818 bits per heavy atom. The standard InChI is InChI=1S/C71H120O6/c1-4-7-10-13-16-19-22-25-28-29-30-31-32-33-34-35-36-37-38-39-40-41-44-46-49-52-55-58-61-64-70(73)76-67-68(77-71(74)65-62-59-56-53-50-47-43-27-24-21-18-15-12-9-6-3)66-75-69(72)63-60-57-54-51-48-45-42-26-23-20-17-14-11-8-5-2/h7,10,16,18-19,21,25,27-28,30-31,33-34,36-37,39-40,43,68H,4-6,8-9,11-15,17,20,22-24,26,29,32,35,38,41-42,44-67H2,1-3H3/b10-7-,19-16-,21-18-,28-25-,31-30-,34-33-,37-36-,40-39-,43-27-. The molecule has 1 atom stereocenters. The van der Waals surface area contributed by atoms with Crippen molar-refractivity contribution in [2.45, 2.75) is 309 Å². The zero-order chi connectivity index (χ0) is 55.7. The van der Waals surface area contributed by atoms with E-state index in [0.29, 0.717) is 19.3 Å². The van der Waals surface area contributed by atoms with Gasteiger partial charge >= 0.3 is 17.9 Å². The first-order valence-corrected chi connectivity index (χ1v) is 32.4. The van der Waals surface area contributed by atoms with Gasteiger partial charge in [-0.3, -0.25) is 14.4 Å². The van der Waals surface area contributed by atoms with Crippen LogP contribution in [0.15, 0.2) is 109 Å². The fourth-order valence-corrected chi connectivity index (χ4v) is 8.92. The van der Waals surface area contributed by atoms with Gasteiger partial charge in [-0.1, -0.05) is 284 Å². The third kappa shape index (κ3) is 62.8. The Hall–Kier alpha value is -3.93. The Labute approximate surface area is 476 Å². The first-order chi connectivity index (χ1) is 38.0. The average Bonchev–Trinajstić information content (AvgIpc) is 3.43. The topological polar surface area (TPSA) is 78.9 Å². The van der Waals surface area contributed by atoms with Crippen molar-refractivity contribution in [1.29, 1.82) is 0 Å². The lowest BCUT2D eigenvalue weighted by atomic mass is 10.0. The van der Waals surface area contributed by atoms with Gasteiger partial charge < -0.3 is 14.2 Å². The number of hydrogen-bond donors (Lipinski definition) is 0. The zero-order valence-corrected chi connectivity index (χ0v) is 50.4. The van der Waals surface area contributed by atoms with Gasteiger partial charge in [0.2, 0.25) is 0 Å². The zero-order valence-electron chi connectivity index (χ0n) is 50.4. The number of carbonyl (C=O) groups excluding carboxylic acids is 3. The van der Waals surface area contributed by atoms with E-state index in [-0.39, 0.29) is 31.1 Å². The van der Waals surface area contributed by atoms with E-state index in [1.54, 1.807) is 0 Å². The molecule has 0 heterocycles. The lowest BCUT2D eigenvalue weighted by molar-refractivity contribution is -0.167. The van der Waals surface area contributed by atoms with Crippen molar-refractivity contribution in [1.82, 2.24) is 0 Å². The predicted molar refractivity (Wildman–Crippen MR) is 334 cm³/mol. The van der Waals surface area contributed by atoms with Crippen LogP contribution in [0.4, 0.5) is 0 Å². The van der Waals surface area contributed by atoms with Gasteiger partial charge in [0.15, 0.2) is 6.10 Å². The second-order valence-corrected chi connectivity index (χ2v) is 21.3. The minimum Gasteiger partial charge on any atom is -0.462 e. The van der Waals surface area contributed by atoms with E-state index in [1.807, 2.05) is 0 Å². The molecule has 0 aromatic rings. The molecule has 0 aromatic carbocycles. The van der Waals surface area contributed by atoms with Crippen LogP contribution in [0, 0.1) is 0 Å². The smallest absolute Gasteiger partial charge is 0.306 e. The summed E-state index contributed by atoms with van der Waals surface area (Å²) in [5.41, 5.74) is 0. The molecule has 0 rings (SSSR count). The van der Waals surface area contributed by atoms with Gasteiger partial charge in [0.05, 0.1) is 0 Å². The normalized spacial score (nSPS) is 12.8. The van der Waals surface area contributed by atoms with Gasteiger partial charge in [-0.15, -0.1) is 0 Å². The SMILES string of the molecule is CC/C=C\C/C=C\C/C=C\C/C=C\C/C=C\C/C=C\C/C=C\CCCCCCCCCC(=O)OCC(COC(=O)CCCCCCCCCCCCCCCCC)OC(=O)CCCCCCC/C=C\C/C=C\CCCCC. The van der Waals surface area contributed by atoms with Crippen molar-refractivity contribution in [3.8, 4) is 0 Å². The number of ether oxygens (including phenoxy) is 3. The van der Waals surface area contributed by atoms with Gasteiger partial charge in [-0.05, 0) is 109 Å². The molecular formula is C71H120O6. The van der Waals surface area contributed by atoms with Crippen LogP contribution < -0.4 is 0 Å². The molecule has 6 heteroatoms. The third-order valence-corrected chi connectivity index (χ3v) is 13.8. The summed E-state index contributed by atoms with van der Waals surface area (Å²) in [5, 5.41) is 0. The largest absolute Gasteiger partial charge is 0.462 e. The highest BCUT2D eigenvalue weighted by Gasteiger charge is 2.19. The Kier molecular flexibility index (Phi) is 61.3. The summed E-state index contributed by atoms with van der Waals surface area (Å²) in [7, 11) is 0. The average molecular weight is 1070 g/mol. The molecule has 0 bridgehead atoms. The van der Waals surface area contributed by atoms with Gasteiger partial charge in [0.1, 0.15) is 13.2 Å². The lowest BCUT2D eigenvalue weighted by Crippen LogP contribution is -2.30. The first kappa shape index (κ1) is 73.1. The van der Waals surface area contributed by atoms with Crippen molar-refractivity contribution in [3.63, 3.8) is 0 Å². The summed E-state index contributed by atoms with van der Waals surface area (Å²) in [6, 6.07) is 0. The maximum atomic E-state index is 12.9. The Bertz CT molecular complexity index is 1560. The Morgan fingerprint density at radius 2 is 0.506 bits per heavy atom. The van der Waals surface area contributed by atoms with Crippen molar-refractivity contribution >= 4 is 17.9 Å². The maximum Gasteiger partial charge on any atom is 0.306 e. The molecule has 0 fully saturated rings. The highest BCUT2D eigenvalue weighted by atomic mass is 16.6. The number of unbranched alkanes of at least 4 members (excludes halogenated alkanes) is 29. The summed E-state index contributed by atoms with van der Waals surface area (Å²) in [5.74, 6) is -0.902. The lowest BCUT2D eigenvalue weighted by Gasteiger charge is -2.18. The molecule has 0 amide bonds. The van der Waals surface area contributed by atoms with E-state index >= 15 is 0 Å². The van der Waals surface area contributed by atoms with E-state index in [1.165, 1.54) is 128 Å². The molecule has 0 spiro atoms. The summed E-state index contributed by atoms with van der Waals surface area (Å²) in [6.07, 6.45) is 88.0. The molecule has 0 aliphatic rings. The van der Waals surface area contributed by atoms with Crippen LogP contribution in [0.5, 0.6) is 0 Å². The summed E-state index contributed by atoms with van der Waals surface area (Å²) in [6.45, 7) is 6.50. The van der Waals surface area contributed by atoms with E-state index in [4.69, 9.17) is 14.2 Å². The van der Waals surface area contributed by atoms with Gasteiger partial charge in [-0.2, -0.15) is 0 Å². The summed E-state index contributed by atoms with van der Waals surface area (Å²) >= 11 is 0. The third-order valence-electron chi connectivity index (χ3n) is 13.8. The molecular weight excluding hydrogens is 949 g/mol. The maximum absolute atomic E-state index is 12.9. The quantitative estimate of drug-likeness (QED) is 0.0261. The van der Waals surface area contributed by atoms with Gasteiger partial charge in [0.25, 0.3) is 0 Å². The monoisotopic (exact) mass is 1070 g/mol. The van der Waals surface area contributed by atoms with Gasteiger partial charge in [-0.25, -0.2) is 0 Å². The van der Waals surface area contributed by atoms with E-state index in [2.05, 4.69) is 130 Å². The van der Waals surface area contributed by atoms with Crippen LogP contribution in [0.25, 0.3) is 0 Å². The molecule has 6 nitrogen and oxygen atoms in total. The highest BCUT2D eigenvalue weighted by molar-refractivity contribution is 5.71. The molecule has 0 aromatic heterocycles. The predicted octanol–water partition coefficient (Wildman–Crippen LogP) is 22.2. The highest BCUT2D eigenvalue weighted by Crippen LogP contribution is 2.16. The van der Waals surface area contributed by atoms with Crippen molar-refractivity contribution in [2.75, 3.05) is 13.2 Å². The molecule has 440 valence electrons. The van der Waals surface area contributed by atoms with Crippen molar-refractivity contribution in [2.24, 2.45) is 0 Å². The molecule has 0 saturated heterocycles. The van der Waals surface area contributed by atoms with E-state index in [9.17, 15) is 14.4 Å². The van der Waals surface area contributed by atoms with Crippen LogP contribution in [0.3, 0.4) is 0 Å². The Morgan fingerprint density at radius 1 is 0.273 bits per heavy atom. The second-order valence-electron chi connectivity index (χ2n) is 21.3. The molecule has 0 N–H and O–H groups in total. The van der Waals surface area contributed by atoms with Crippen LogP contribution >= 0.6 is 0 Å². The molecule has 1 unspecified atom stereocenters. The molecule has 0 radical (unpaired) electrons. The van der Waals surface area contributed by atoms with E-state index < -0.39 is 6.10 Å². The van der Waals surface area contributed by atoms with Crippen LogP contribution in [-0.2, 0) is 28.6 Å². The molecule has 0 saturated carbocycles. The minimum absolute atomic E-state index is 0.0853. The number of esters is 3. The first-order valence-electron chi connectivity index (χ1n) is 32.4. The van der Waals surface area contributed by atoms with Crippen molar-refractivity contribution < 1.29 is 28.6 Å². The number of allylic oxidation sites excluding steroid dienone is 18. The second kappa shape index (κ2) is 64.6. The number of rotatable bonds is 58. The van der Waals surface area contributed by atoms with Crippen LogP contribution in [0.2, 0.25) is 0 Å². The summed E-state index contributed by atoms with van der Waals surface area (Å²) < 4.78 is 16.9. The van der Waals surface area contributed by atoms with Gasteiger partial charge in [0, 0.05) is 19.3 Å². The molecule has 0 aliphatic carbocycles. The number of hydrogen-bond acceptors (Lipinski definition) is 6. The number of carbonyl (C=O) groups is 3. The van der Waals surface area contributed by atoms with Crippen LogP contribution in [0.1, 0.15) is 303 Å². The van der Waals surface area contributed by atoms with E-state index in [0.717, 1.165) is 135 Å². The minimum atomic E-state index is -0.791. The molecule has 77 heavy (non-hydrogen) atoms. The van der Waals surface area contributed by atoms with Crippen LogP contribution in [-0.4, -0.2) is 37.2 Å².